The number of aromatic amines is 1. The number of carbonyl (C=O) groups is 2. The molecule has 0 radical (unpaired) electrons. The standard InChI is InChI=1S/C19H24N4O2/c1-13-17(14(2)22-21-13)11-18(24)20-16-9-6-10-23(12-16)19(25)15-7-4-3-5-8-15/h3-5,7-8,16H,6,9-12H2,1-2H3,(H,20,24)(H,21,22). The van der Waals surface area contributed by atoms with Gasteiger partial charge in [-0.05, 0) is 38.8 Å². The van der Waals surface area contributed by atoms with Crippen LogP contribution >= 0.6 is 0 Å². The molecule has 2 heterocycles. The topological polar surface area (TPSA) is 78.1 Å². The van der Waals surface area contributed by atoms with Gasteiger partial charge in [-0.2, -0.15) is 5.10 Å². The first kappa shape index (κ1) is 17.2. The SMILES string of the molecule is Cc1n[nH]c(C)c1CC(=O)NC1CCCN(C(=O)c2ccccc2)C1. The first-order chi connectivity index (χ1) is 12.0. The number of nitrogens with one attached hydrogen (secondary N) is 2. The molecule has 2 amide bonds. The normalized spacial score (nSPS) is 17.4. The van der Waals surface area contributed by atoms with E-state index >= 15 is 0 Å². The summed E-state index contributed by atoms with van der Waals surface area (Å²) in [6.07, 6.45) is 2.11. The van der Waals surface area contributed by atoms with Crippen molar-refractivity contribution in [3.05, 3.63) is 52.8 Å². The van der Waals surface area contributed by atoms with Crippen molar-refractivity contribution >= 4 is 11.8 Å². The minimum Gasteiger partial charge on any atom is -0.351 e. The lowest BCUT2D eigenvalue weighted by molar-refractivity contribution is -0.121. The Labute approximate surface area is 147 Å². The Hall–Kier alpha value is -2.63. The second-order valence-electron chi connectivity index (χ2n) is 6.61. The molecule has 1 aromatic carbocycles. The highest BCUT2D eigenvalue weighted by Gasteiger charge is 2.25. The second kappa shape index (κ2) is 7.51. The summed E-state index contributed by atoms with van der Waals surface area (Å²) in [4.78, 5) is 26.8. The highest BCUT2D eigenvalue weighted by Crippen LogP contribution is 2.15. The van der Waals surface area contributed by atoms with E-state index in [1.807, 2.05) is 49.1 Å². The first-order valence-electron chi connectivity index (χ1n) is 8.68. The number of carbonyl (C=O) groups excluding carboxylic acids is 2. The van der Waals surface area contributed by atoms with Gasteiger partial charge in [0.05, 0.1) is 12.1 Å². The van der Waals surface area contributed by atoms with Gasteiger partial charge in [-0.25, -0.2) is 0 Å². The molecule has 1 aromatic heterocycles. The Balaban J connectivity index is 1.58. The van der Waals surface area contributed by atoms with E-state index in [0.29, 0.717) is 18.5 Å². The van der Waals surface area contributed by atoms with Crippen LogP contribution in [0.2, 0.25) is 0 Å². The van der Waals surface area contributed by atoms with Gasteiger partial charge in [-0.1, -0.05) is 18.2 Å². The summed E-state index contributed by atoms with van der Waals surface area (Å²) in [5.74, 6) is 0.00711. The molecule has 2 aromatic rings. The summed E-state index contributed by atoms with van der Waals surface area (Å²) >= 11 is 0. The van der Waals surface area contributed by atoms with Crippen molar-refractivity contribution in [2.45, 2.75) is 39.2 Å². The molecule has 0 aliphatic carbocycles. The van der Waals surface area contributed by atoms with E-state index in [4.69, 9.17) is 0 Å². The number of hydrogen-bond donors (Lipinski definition) is 2. The fourth-order valence-electron chi connectivity index (χ4n) is 3.32. The Kier molecular flexibility index (Phi) is 5.16. The smallest absolute Gasteiger partial charge is 0.253 e. The Morgan fingerprint density at radius 1 is 1.28 bits per heavy atom. The van der Waals surface area contributed by atoms with Crippen LogP contribution in [0.5, 0.6) is 0 Å². The number of aryl methyl sites for hydroxylation is 2. The monoisotopic (exact) mass is 340 g/mol. The molecule has 3 rings (SSSR count). The minimum absolute atomic E-state index is 0.00132. The van der Waals surface area contributed by atoms with E-state index in [2.05, 4.69) is 15.5 Å². The van der Waals surface area contributed by atoms with Crippen LogP contribution in [-0.4, -0.2) is 46.0 Å². The van der Waals surface area contributed by atoms with Gasteiger partial charge in [-0.3, -0.25) is 14.7 Å². The van der Waals surface area contributed by atoms with Crippen LogP contribution < -0.4 is 5.32 Å². The molecule has 132 valence electrons. The molecule has 1 saturated heterocycles. The molecule has 1 unspecified atom stereocenters. The maximum atomic E-state index is 12.6. The lowest BCUT2D eigenvalue weighted by atomic mass is 10.0. The average Bonchev–Trinajstić information content (AvgIpc) is 2.94. The highest BCUT2D eigenvalue weighted by atomic mass is 16.2. The highest BCUT2D eigenvalue weighted by molar-refractivity contribution is 5.94. The van der Waals surface area contributed by atoms with Gasteiger partial charge >= 0.3 is 0 Å². The number of H-pyrrole nitrogens is 1. The number of benzene rings is 1. The van der Waals surface area contributed by atoms with E-state index in [9.17, 15) is 9.59 Å². The Morgan fingerprint density at radius 3 is 2.72 bits per heavy atom. The summed E-state index contributed by atoms with van der Waals surface area (Å²) in [5, 5.41) is 10.1. The zero-order chi connectivity index (χ0) is 17.8. The lowest BCUT2D eigenvalue weighted by Gasteiger charge is -2.33. The average molecular weight is 340 g/mol. The number of aromatic nitrogens is 2. The first-order valence-corrected chi connectivity index (χ1v) is 8.68. The Morgan fingerprint density at radius 2 is 2.04 bits per heavy atom. The van der Waals surface area contributed by atoms with Crippen LogP contribution in [0.4, 0.5) is 0 Å². The second-order valence-corrected chi connectivity index (χ2v) is 6.61. The maximum absolute atomic E-state index is 12.6. The number of rotatable bonds is 4. The van der Waals surface area contributed by atoms with Crippen molar-refractivity contribution in [3.8, 4) is 0 Å². The summed E-state index contributed by atoms with van der Waals surface area (Å²) in [6, 6.07) is 9.29. The number of nitrogens with zero attached hydrogens (tertiary/aromatic N) is 2. The van der Waals surface area contributed by atoms with Gasteiger partial charge in [-0.15, -0.1) is 0 Å². The van der Waals surface area contributed by atoms with Gasteiger partial charge in [0.25, 0.3) is 5.91 Å². The number of hydrogen-bond acceptors (Lipinski definition) is 3. The lowest BCUT2D eigenvalue weighted by Crippen LogP contribution is -2.50. The van der Waals surface area contributed by atoms with Gasteiger partial charge < -0.3 is 10.2 Å². The molecule has 1 fully saturated rings. The van der Waals surface area contributed by atoms with E-state index in [1.165, 1.54) is 0 Å². The third-order valence-corrected chi connectivity index (χ3v) is 4.71. The van der Waals surface area contributed by atoms with Crippen molar-refractivity contribution < 1.29 is 9.59 Å². The molecule has 1 aliphatic heterocycles. The molecule has 1 atom stereocenters. The molecule has 1 aliphatic rings. The van der Waals surface area contributed by atoms with E-state index in [1.54, 1.807) is 0 Å². The van der Waals surface area contributed by atoms with Crippen molar-refractivity contribution in [3.63, 3.8) is 0 Å². The third-order valence-electron chi connectivity index (χ3n) is 4.71. The van der Waals surface area contributed by atoms with Gasteiger partial charge in [0.15, 0.2) is 0 Å². The quantitative estimate of drug-likeness (QED) is 0.893. The zero-order valence-electron chi connectivity index (χ0n) is 14.7. The van der Waals surface area contributed by atoms with Crippen molar-refractivity contribution in [2.24, 2.45) is 0 Å². The molecule has 0 bridgehead atoms. The molecule has 6 heteroatoms. The van der Waals surface area contributed by atoms with Crippen molar-refractivity contribution in [1.82, 2.24) is 20.4 Å². The van der Waals surface area contributed by atoms with E-state index in [-0.39, 0.29) is 17.9 Å². The summed E-state index contributed by atoms with van der Waals surface area (Å²) in [6.45, 7) is 5.11. The minimum atomic E-state index is -0.0217. The number of likely N-dealkylation sites (tertiary alicyclic amines) is 1. The predicted octanol–water partition coefficient (Wildman–Crippen LogP) is 1.99. The summed E-state index contributed by atoms with van der Waals surface area (Å²) in [5.41, 5.74) is 3.43. The molecule has 2 N–H and O–H groups in total. The van der Waals surface area contributed by atoms with E-state index in [0.717, 1.165) is 36.3 Å². The van der Waals surface area contributed by atoms with Crippen molar-refractivity contribution in [1.29, 1.82) is 0 Å². The largest absolute Gasteiger partial charge is 0.351 e. The van der Waals surface area contributed by atoms with Gasteiger partial charge in [0.2, 0.25) is 5.91 Å². The summed E-state index contributed by atoms with van der Waals surface area (Å²) < 4.78 is 0. The number of piperidine rings is 1. The van der Waals surface area contributed by atoms with Crippen LogP contribution in [0.25, 0.3) is 0 Å². The summed E-state index contributed by atoms with van der Waals surface area (Å²) in [7, 11) is 0. The van der Waals surface area contributed by atoms with Crippen LogP contribution in [0.15, 0.2) is 30.3 Å². The van der Waals surface area contributed by atoms with Crippen LogP contribution in [0.3, 0.4) is 0 Å². The molecule has 25 heavy (non-hydrogen) atoms. The van der Waals surface area contributed by atoms with Crippen molar-refractivity contribution in [2.75, 3.05) is 13.1 Å². The van der Waals surface area contributed by atoms with Gasteiger partial charge in [0, 0.05) is 36.0 Å². The van der Waals surface area contributed by atoms with Crippen LogP contribution in [0, 0.1) is 13.8 Å². The predicted molar refractivity (Wildman–Crippen MR) is 95.3 cm³/mol. The van der Waals surface area contributed by atoms with Crippen LogP contribution in [-0.2, 0) is 11.2 Å². The third kappa shape index (κ3) is 4.07. The maximum Gasteiger partial charge on any atom is 0.253 e. The van der Waals surface area contributed by atoms with E-state index < -0.39 is 0 Å². The zero-order valence-corrected chi connectivity index (χ0v) is 14.7. The fourth-order valence-corrected chi connectivity index (χ4v) is 3.32. The Bertz CT molecular complexity index is 735. The molecule has 6 nitrogen and oxygen atoms in total. The fraction of sp³-hybridized carbons (Fsp3) is 0.421. The van der Waals surface area contributed by atoms with Crippen LogP contribution in [0.1, 0.15) is 40.2 Å². The molecular formula is C19H24N4O2. The molecule has 0 saturated carbocycles. The van der Waals surface area contributed by atoms with Gasteiger partial charge in [0.1, 0.15) is 0 Å². The molecular weight excluding hydrogens is 316 g/mol. The number of amides is 2. The molecule has 0 spiro atoms.